The number of amides is 3. The third-order valence-electron chi connectivity index (χ3n) is 5.28. The van der Waals surface area contributed by atoms with Crippen molar-refractivity contribution in [1.82, 2.24) is 20.0 Å². The molecule has 3 amide bonds. The summed E-state index contributed by atoms with van der Waals surface area (Å²) in [6.07, 6.45) is 1.61. The lowest BCUT2D eigenvalue weighted by Crippen LogP contribution is -2.48. The van der Waals surface area contributed by atoms with Gasteiger partial charge < -0.3 is 14.5 Å². The van der Waals surface area contributed by atoms with Gasteiger partial charge in [0.2, 0.25) is 11.8 Å². The molecule has 8 heteroatoms. The second kappa shape index (κ2) is 8.46. The number of piperidine rings is 1. The van der Waals surface area contributed by atoms with E-state index in [0.717, 1.165) is 24.2 Å². The van der Waals surface area contributed by atoms with Gasteiger partial charge in [-0.2, -0.15) is 5.10 Å². The number of rotatable bonds is 5. The Balaban J connectivity index is 1.32. The Bertz CT molecular complexity index is 858. The van der Waals surface area contributed by atoms with E-state index in [9.17, 15) is 9.59 Å². The SMILES string of the molecule is Cc1ccc(O[C@H]2CCCN(C(=O)CN3CCN(c4ccccc4)C3=O)C2)nn1. The number of carbonyl (C=O) groups excluding carboxylic acids is 2. The van der Waals surface area contributed by atoms with E-state index < -0.39 is 0 Å². The highest BCUT2D eigenvalue weighted by Crippen LogP contribution is 2.21. The van der Waals surface area contributed by atoms with Crippen LogP contribution in [0.2, 0.25) is 0 Å². The van der Waals surface area contributed by atoms with E-state index >= 15 is 0 Å². The normalized spacial score (nSPS) is 19.6. The van der Waals surface area contributed by atoms with Crippen LogP contribution in [0, 0.1) is 6.92 Å². The summed E-state index contributed by atoms with van der Waals surface area (Å²) < 4.78 is 5.90. The summed E-state index contributed by atoms with van der Waals surface area (Å²) in [6.45, 7) is 4.29. The molecule has 1 aromatic carbocycles. The molecule has 8 nitrogen and oxygen atoms in total. The smallest absolute Gasteiger partial charge is 0.325 e. The summed E-state index contributed by atoms with van der Waals surface area (Å²) in [5.74, 6) is 0.430. The zero-order valence-corrected chi connectivity index (χ0v) is 16.5. The maximum atomic E-state index is 12.8. The van der Waals surface area contributed by atoms with E-state index in [4.69, 9.17) is 4.74 Å². The minimum absolute atomic E-state index is 0.0449. The molecule has 0 saturated carbocycles. The summed E-state index contributed by atoms with van der Waals surface area (Å²) >= 11 is 0. The fraction of sp³-hybridized carbons (Fsp3) is 0.429. The average Bonchev–Trinajstić information content (AvgIpc) is 3.11. The molecule has 0 spiro atoms. The van der Waals surface area contributed by atoms with Crippen molar-refractivity contribution in [2.75, 3.05) is 37.6 Å². The zero-order chi connectivity index (χ0) is 20.2. The summed E-state index contributed by atoms with van der Waals surface area (Å²) in [4.78, 5) is 30.6. The number of hydrogen-bond acceptors (Lipinski definition) is 5. The largest absolute Gasteiger partial charge is 0.471 e. The monoisotopic (exact) mass is 395 g/mol. The van der Waals surface area contributed by atoms with Crippen LogP contribution in [0.1, 0.15) is 18.5 Å². The molecule has 2 aliphatic heterocycles. The number of likely N-dealkylation sites (tertiary alicyclic amines) is 1. The molecule has 3 heterocycles. The second-order valence-corrected chi connectivity index (χ2v) is 7.43. The molecule has 2 saturated heterocycles. The molecule has 0 aliphatic carbocycles. The first kappa shape index (κ1) is 19.2. The van der Waals surface area contributed by atoms with E-state index in [1.807, 2.05) is 43.3 Å². The Morgan fingerprint density at radius 1 is 1.10 bits per heavy atom. The standard InChI is InChI=1S/C21H25N5O3/c1-16-9-10-19(23-22-16)29-18-8-5-11-24(14-18)20(27)15-25-12-13-26(21(25)28)17-6-3-2-4-7-17/h2-4,6-7,9-10,18H,5,8,11-15H2,1H3/t18-/m0/s1. The molecule has 0 radical (unpaired) electrons. The van der Waals surface area contributed by atoms with Crippen LogP contribution in [0.4, 0.5) is 10.5 Å². The third-order valence-corrected chi connectivity index (χ3v) is 5.28. The number of anilines is 1. The predicted molar refractivity (Wildman–Crippen MR) is 108 cm³/mol. The van der Waals surface area contributed by atoms with Crippen molar-refractivity contribution < 1.29 is 14.3 Å². The molecule has 2 fully saturated rings. The maximum absolute atomic E-state index is 12.8. The van der Waals surface area contributed by atoms with Gasteiger partial charge in [-0.15, -0.1) is 5.10 Å². The quantitative estimate of drug-likeness (QED) is 0.775. The molecule has 152 valence electrons. The van der Waals surface area contributed by atoms with Crippen molar-refractivity contribution in [3.8, 4) is 5.88 Å². The van der Waals surface area contributed by atoms with Gasteiger partial charge in [-0.25, -0.2) is 4.79 Å². The van der Waals surface area contributed by atoms with Crippen LogP contribution in [0.5, 0.6) is 5.88 Å². The first-order valence-electron chi connectivity index (χ1n) is 9.96. The molecule has 4 rings (SSSR count). The Hall–Kier alpha value is -3.16. The molecule has 0 N–H and O–H groups in total. The van der Waals surface area contributed by atoms with Crippen molar-refractivity contribution in [3.63, 3.8) is 0 Å². The molecule has 1 aromatic heterocycles. The van der Waals surface area contributed by atoms with Gasteiger partial charge in [-0.05, 0) is 38.0 Å². The Kier molecular flexibility index (Phi) is 5.59. The van der Waals surface area contributed by atoms with E-state index in [2.05, 4.69) is 10.2 Å². The number of urea groups is 1. The van der Waals surface area contributed by atoms with Gasteiger partial charge in [-0.3, -0.25) is 9.69 Å². The molecular formula is C21H25N5O3. The average molecular weight is 395 g/mol. The fourth-order valence-electron chi connectivity index (χ4n) is 3.72. The summed E-state index contributed by atoms with van der Waals surface area (Å²) in [5, 5.41) is 8.04. The van der Waals surface area contributed by atoms with Crippen LogP contribution in [0.25, 0.3) is 0 Å². The number of aryl methyl sites for hydroxylation is 1. The predicted octanol–water partition coefficient (Wildman–Crippen LogP) is 2.10. The van der Waals surface area contributed by atoms with Gasteiger partial charge in [0, 0.05) is 31.4 Å². The van der Waals surface area contributed by atoms with Crippen molar-refractivity contribution in [3.05, 3.63) is 48.2 Å². The van der Waals surface area contributed by atoms with E-state index in [1.54, 1.807) is 20.8 Å². The third kappa shape index (κ3) is 4.47. The van der Waals surface area contributed by atoms with Crippen LogP contribution in [-0.2, 0) is 4.79 Å². The lowest BCUT2D eigenvalue weighted by molar-refractivity contribution is -0.134. The van der Waals surface area contributed by atoms with Crippen LogP contribution >= 0.6 is 0 Å². The number of aromatic nitrogens is 2. The van der Waals surface area contributed by atoms with Crippen LogP contribution in [0.15, 0.2) is 42.5 Å². The van der Waals surface area contributed by atoms with Crippen LogP contribution < -0.4 is 9.64 Å². The summed E-state index contributed by atoms with van der Waals surface area (Å²) in [7, 11) is 0. The van der Waals surface area contributed by atoms with Gasteiger partial charge in [0.05, 0.1) is 12.2 Å². The lowest BCUT2D eigenvalue weighted by Gasteiger charge is -2.33. The van der Waals surface area contributed by atoms with Crippen molar-refractivity contribution >= 4 is 17.6 Å². The number of ether oxygens (including phenoxy) is 1. The van der Waals surface area contributed by atoms with Crippen molar-refractivity contribution in [2.45, 2.75) is 25.9 Å². The highest BCUT2D eigenvalue weighted by atomic mass is 16.5. The van der Waals surface area contributed by atoms with Gasteiger partial charge in [-0.1, -0.05) is 18.2 Å². The first-order chi connectivity index (χ1) is 14.1. The lowest BCUT2D eigenvalue weighted by atomic mass is 10.1. The molecule has 0 unspecified atom stereocenters. The van der Waals surface area contributed by atoms with Crippen LogP contribution in [0.3, 0.4) is 0 Å². The van der Waals surface area contributed by atoms with Crippen LogP contribution in [-0.4, -0.2) is 70.8 Å². The Morgan fingerprint density at radius 3 is 2.69 bits per heavy atom. The topological polar surface area (TPSA) is 78.9 Å². The number of para-hydroxylation sites is 1. The second-order valence-electron chi connectivity index (χ2n) is 7.43. The number of carbonyl (C=O) groups is 2. The molecule has 2 aromatic rings. The Morgan fingerprint density at radius 2 is 1.93 bits per heavy atom. The van der Waals surface area contributed by atoms with E-state index in [0.29, 0.717) is 32.1 Å². The highest BCUT2D eigenvalue weighted by molar-refractivity contribution is 5.96. The number of nitrogens with zero attached hydrogens (tertiary/aromatic N) is 5. The number of hydrogen-bond donors (Lipinski definition) is 0. The number of benzene rings is 1. The summed E-state index contributed by atoms with van der Waals surface area (Å²) in [5.41, 5.74) is 1.69. The van der Waals surface area contributed by atoms with Gasteiger partial charge in [0.25, 0.3) is 0 Å². The zero-order valence-electron chi connectivity index (χ0n) is 16.5. The molecule has 0 bridgehead atoms. The van der Waals surface area contributed by atoms with Gasteiger partial charge in [0.1, 0.15) is 12.6 Å². The highest BCUT2D eigenvalue weighted by Gasteiger charge is 2.33. The van der Waals surface area contributed by atoms with Crippen molar-refractivity contribution in [2.24, 2.45) is 0 Å². The first-order valence-corrected chi connectivity index (χ1v) is 9.96. The molecule has 2 aliphatic rings. The molecular weight excluding hydrogens is 370 g/mol. The Labute approximate surface area is 170 Å². The maximum Gasteiger partial charge on any atom is 0.325 e. The minimum Gasteiger partial charge on any atom is -0.471 e. The summed E-state index contributed by atoms with van der Waals surface area (Å²) in [6, 6.07) is 13.1. The fourth-order valence-corrected chi connectivity index (χ4v) is 3.72. The van der Waals surface area contributed by atoms with E-state index in [-0.39, 0.29) is 24.6 Å². The van der Waals surface area contributed by atoms with Crippen molar-refractivity contribution in [1.29, 1.82) is 0 Å². The molecule has 1 atom stereocenters. The van der Waals surface area contributed by atoms with E-state index in [1.165, 1.54) is 0 Å². The van der Waals surface area contributed by atoms with Gasteiger partial charge in [0.15, 0.2) is 0 Å². The minimum atomic E-state index is -0.121. The van der Waals surface area contributed by atoms with Gasteiger partial charge >= 0.3 is 6.03 Å². The molecule has 29 heavy (non-hydrogen) atoms.